The smallest absolute Gasteiger partial charge is 0.335 e. The Labute approximate surface area is 438 Å². The van der Waals surface area contributed by atoms with E-state index in [9.17, 15) is 93.5 Å². The SMILES string of the molecule is C/C=C(\NC(=O)[C@H](CCCN(O)C(C)=O)NC(=O)[C@@H](CO)NC(=O)[C@H](CCC(N)=O)NC(=O)[C@H](CO)NC(=O)[C@H](NC(=O)CCCCCCCCCCC)[C@@H](O)C(=O)O)C(=O)N[C@H](CO)C(=O)N[C@@H]1CCCN(O)C1=O. The second-order valence-corrected chi connectivity index (χ2v) is 17.9. The summed E-state index contributed by atoms with van der Waals surface area (Å²) in [5, 5.41) is 87.6. The number of aliphatic hydroxyl groups is 4. The number of carboxylic acids is 1. The predicted molar refractivity (Wildman–Crippen MR) is 262 cm³/mol. The van der Waals surface area contributed by atoms with Crippen molar-refractivity contribution in [3.63, 3.8) is 0 Å². The predicted octanol–water partition coefficient (Wildman–Crippen LogP) is -4.96. The number of primary amides is 1. The molecule has 0 spiro atoms. The molecule has 17 N–H and O–H groups in total. The number of hydrogen-bond donors (Lipinski definition) is 16. The van der Waals surface area contributed by atoms with Crippen molar-refractivity contribution in [2.24, 2.45) is 5.73 Å². The molecule has 30 nitrogen and oxygen atoms in total. The molecule has 1 aliphatic heterocycles. The molecule has 430 valence electrons. The lowest BCUT2D eigenvalue weighted by molar-refractivity contribution is -0.173. The fourth-order valence-corrected chi connectivity index (χ4v) is 7.34. The van der Waals surface area contributed by atoms with Gasteiger partial charge >= 0.3 is 5.97 Å². The van der Waals surface area contributed by atoms with Crippen LogP contribution in [0.25, 0.3) is 0 Å². The van der Waals surface area contributed by atoms with E-state index in [4.69, 9.17) is 5.73 Å². The highest BCUT2D eigenvalue weighted by Gasteiger charge is 2.38. The van der Waals surface area contributed by atoms with Gasteiger partial charge in [0, 0.05) is 32.9 Å². The van der Waals surface area contributed by atoms with E-state index in [1.54, 1.807) is 0 Å². The zero-order valence-electron chi connectivity index (χ0n) is 43.0. The number of unbranched alkanes of at least 4 members (excludes halogenated alkanes) is 8. The van der Waals surface area contributed by atoms with Gasteiger partial charge in [-0.1, -0.05) is 64.4 Å². The number of carbonyl (C=O) groups excluding carboxylic acids is 11. The number of nitrogens with one attached hydrogen (secondary N) is 8. The second kappa shape index (κ2) is 36.2. The van der Waals surface area contributed by atoms with Crippen LogP contribution in [-0.4, -0.2) is 198 Å². The average Bonchev–Trinajstić information content (AvgIpc) is 3.37. The molecule has 0 aliphatic carbocycles. The first-order valence-electron chi connectivity index (χ1n) is 25.0. The van der Waals surface area contributed by atoms with E-state index in [1.807, 2.05) is 5.32 Å². The van der Waals surface area contributed by atoms with Crippen molar-refractivity contribution in [2.75, 3.05) is 32.9 Å². The van der Waals surface area contributed by atoms with Crippen LogP contribution in [0.5, 0.6) is 0 Å². The highest BCUT2D eigenvalue weighted by molar-refractivity contribution is 6.02. The van der Waals surface area contributed by atoms with Crippen LogP contribution in [0, 0.1) is 0 Å². The van der Waals surface area contributed by atoms with Crippen molar-refractivity contribution in [1.29, 1.82) is 0 Å². The third-order valence-corrected chi connectivity index (χ3v) is 11.8. The topological polar surface area (TPSA) is 475 Å². The molecule has 0 saturated carbocycles. The van der Waals surface area contributed by atoms with Gasteiger partial charge in [0.25, 0.3) is 11.8 Å². The molecule has 0 aromatic carbocycles. The number of nitrogens with zero attached hydrogens (tertiary/aromatic N) is 2. The molecule has 30 heteroatoms. The summed E-state index contributed by atoms with van der Waals surface area (Å²) < 4.78 is 0. The van der Waals surface area contributed by atoms with Gasteiger partial charge < -0.3 is 73.8 Å². The van der Waals surface area contributed by atoms with Crippen molar-refractivity contribution in [3.8, 4) is 0 Å². The molecule has 8 atom stereocenters. The molecule has 1 aliphatic rings. The minimum absolute atomic E-state index is 0.0232. The number of allylic oxidation sites excluding steroid dienone is 1. The Kier molecular flexibility index (Phi) is 32.0. The molecule has 0 aromatic heterocycles. The number of amides is 11. The number of aliphatic carboxylic acids is 1. The molecule has 1 heterocycles. The van der Waals surface area contributed by atoms with Crippen LogP contribution >= 0.6 is 0 Å². The van der Waals surface area contributed by atoms with Gasteiger partial charge in [0.2, 0.25) is 53.2 Å². The van der Waals surface area contributed by atoms with Crippen LogP contribution < -0.4 is 48.3 Å². The van der Waals surface area contributed by atoms with E-state index in [-0.39, 0.29) is 32.4 Å². The number of nitrogens with two attached hydrogens (primary N) is 1. The molecule has 0 unspecified atom stereocenters. The summed E-state index contributed by atoms with van der Waals surface area (Å²) in [6.45, 7) is 0.660. The van der Waals surface area contributed by atoms with E-state index in [0.717, 1.165) is 57.9 Å². The Bertz CT molecular complexity index is 2030. The molecule has 11 amide bonds. The first-order valence-corrected chi connectivity index (χ1v) is 25.0. The zero-order valence-corrected chi connectivity index (χ0v) is 43.0. The largest absolute Gasteiger partial charge is 0.479 e. The Morgan fingerprint density at radius 3 is 1.70 bits per heavy atom. The summed E-state index contributed by atoms with van der Waals surface area (Å²) in [7, 11) is 0. The van der Waals surface area contributed by atoms with Gasteiger partial charge in [-0.3, -0.25) is 63.2 Å². The Hall–Kier alpha value is -6.86. The van der Waals surface area contributed by atoms with E-state index in [2.05, 4.69) is 44.1 Å². The minimum Gasteiger partial charge on any atom is -0.479 e. The molecule has 0 aromatic rings. The number of hydroxylamine groups is 4. The van der Waals surface area contributed by atoms with Crippen LogP contribution in [0.1, 0.15) is 124 Å². The van der Waals surface area contributed by atoms with Gasteiger partial charge in [0.1, 0.15) is 48.0 Å². The normalized spacial score (nSPS) is 16.2. The highest BCUT2D eigenvalue weighted by atomic mass is 16.5. The quantitative estimate of drug-likeness (QED) is 0.0120. The number of piperidine rings is 1. The van der Waals surface area contributed by atoms with Gasteiger partial charge in [0.05, 0.1) is 19.8 Å². The lowest BCUT2D eigenvalue weighted by Gasteiger charge is -2.29. The summed E-state index contributed by atoms with van der Waals surface area (Å²) in [4.78, 5) is 154. The molecule has 1 saturated heterocycles. The first-order chi connectivity index (χ1) is 36.0. The van der Waals surface area contributed by atoms with Gasteiger partial charge in [0.15, 0.2) is 6.10 Å². The minimum atomic E-state index is -2.52. The Balaban J connectivity index is 3.22. The van der Waals surface area contributed by atoms with Crippen LogP contribution in [0.3, 0.4) is 0 Å². The number of aliphatic hydroxyl groups excluding tert-OH is 4. The molecule has 0 radical (unpaired) electrons. The lowest BCUT2D eigenvalue weighted by Crippen LogP contribution is -2.62. The van der Waals surface area contributed by atoms with Crippen LogP contribution in [0.2, 0.25) is 0 Å². The fraction of sp³-hybridized carbons (Fsp3) is 0.696. The van der Waals surface area contributed by atoms with Crippen LogP contribution in [0.15, 0.2) is 11.8 Å². The Morgan fingerprint density at radius 1 is 0.684 bits per heavy atom. The summed E-state index contributed by atoms with van der Waals surface area (Å²) in [6, 6.07) is -12.5. The van der Waals surface area contributed by atoms with Gasteiger partial charge in [-0.25, -0.2) is 14.9 Å². The zero-order chi connectivity index (χ0) is 57.5. The molecule has 1 fully saturated rings. The maximum Gasteiger partial charge on any atom is 0.335 e. The van der Waals surface area contributed by atoms with Gasteiger partial charge in [-0.15, -0.1) is 0 Å². The molecular weight excluding hydrogens is 1010 g/mol. The third kappa shape index (κ3) is 24.7. The van der Waals surface area contributed by atoms with Crippen molar-refractivity contribution in [1.82, 2.24) is 52.7 Å². The number of carboxylic acid groups (broad SMARTS) is 1. The van der Waals surface area contributed by atoms with Crippen LogP contribution in [0.4, 0.5) is 0 Å². The van der Waals surface area contributed by atoms with E-state index in [0.29, 0.717) is 29.4 Å². The number of hydrogen-bond acceptors (Lipinski definition) is 18. The number of rotatable bonds is 37. The van der Waals surface area contributed by atoms with Gasteiger partial charge in [-0.05, 0) is 45.4 Å². The van der Waals surface area contributed by atoms with Crippen molar-refractivity contribution in [3.05, 3.63) is 11.8 Å². The summed E-state index contributed by atoms with van der Waals surface area (Å²) in [5.74, 6) is -14.0. The highest BCUT2D eigenvalue weighted by Crippen LogP contribution is 2.13. The summed E-state index contributed by atoms with van der Waals surface area (Å²) in [5.41, 5.74) is 4.72. The van der Waals surface area contributed by atoms with E-state index in [1.165, 1.54) is 6.92 Å². The molecule has 76 heavy (non-hydrogen) atoms. The van der Waals surface area contributed by atoms with Crippen molar-refractivity contribution < 1.29 is 93.5 Å². The summed E-state index contributed by atoms with van der Waals surface area (Å²) in [6.07, 6.45) is 5.40. The third-order valence-electron chi connectivity index (χ3n) is 11.8. The van der Waals surface area contributed by atoms with E-state index >= 15 is 0 Å². The molecular formula is C46H77N11O19. The van der Waals surface area contributed by atoms with Crippen LogP contribution in [-0.2, 0) is 57.5 Å². The lowest BCUT2D eigenvalue weighted by atomic mass is 10.1. The number of carbonyl (C=O) groups is 12. The van der Waals surface area contributed by atoms with Gasteiger partial charge in [-0.2, -0.15) is 0 Å². The fourth-order valence-electron chi connectivity index (χ4n) is 7.34. The van der Waals surface area contributed by atoms with E-state index < -0.39 is 164 Å². The maximum atomic E-state index is 13.7. The molecule has 0 bridgehead atoms. The average molecular weight is 1090 g/mol. The standard InChI is InChI=1S/C46H77N11O19/c1-4-6-7-8-9-10-11-12-13-18-35(63)55-36(37(64)46(73)74)44(71)54-33(25-60)42(69)50-29(19-20-34(47)62)40(67)53-31(23-58)41(68)49-28(16-14-21-56(75)26(3)61)39(66)48-27(5-2)38(65)52-32(24-59)43(70)51-30-17-15-22-57(76)45(30)72/h5,28-33,36-37,58-60,64,75-76H,4,6-25H2,1-3H3,(H2,47,62)(H,48,66)(H,49,68)(H,50,69)(H,51,70)(H,52,65)(H,53,67)(H,54,71)(H,55,63)(H,73,74)/b27-5-/t28-,29-,30+,31+,32+,33-,36+,37+/m0/s1. The Morgan fingerprint density at radius 2 is 1.18 bits per heavy atom. The monoisotopic (exact) mass is 1090 g/mol. The van der Waals surface area contributed by atoms with Crippen molar-refractivity contribution >= 4 is 70.9 Å². The molecule has 1 rings (SSSR count). The maximum absolute atomic E-state index is 13.7. The summed E-state index contributed by atoms with van der Waals surface area (Å²) >= 11 is 0. The second-order valence-electron chi connectivity index (χ2n) is 17.9. The van der Waals surface area contributed by atoms with Crippen molar-refractivity contribution in [2.45, 2.75) is 172 Å². The first kappa shape index (κ1) is 67.2.